The summed E-state index contributed by atoms with van der Waals surface area (Å²) in [7, 11) is 1.85. The van der Waals surface area contributed by atoms with E-state index >= 15 is 0 Å². The van der Waals surface area contributed by atoms with Gasteiger partial charge in [0, 0.05) is 30.9 Å². The Morgan fingerprint density at radius 2 is 2.12 bits per heavy atom. The maximum absolute atomic E-state index is 13.4. The van der Waals surface area contributed by atoms with Crippen molar-refractivity contribution in [3.63, 3.8) is 0 Å². The molecule has 0 bridgehead atoms. The number of fused-ring (bicyclic) bond motifs is 1. The zero-order chi connectivity index (χ0) is 18.0. The number of aromatic nitrogens is 4. The zero-order valence-corrected chi connectivity index (χ0v) is 14.4. The Labute approximate surface area is 146 Å². The van der Waals surface area contributed by atoms with Crippen molar-refractivity contribution in [3.8, 4) is 11.1 Å². The molecule has 0 saturated heterocycles. The summed E-state index contributed by atoms with van der Waals surface area (Å²) in [5, 5.41) is 4.79. The topological polar surface area (TPSA) is 52.7 Å². The number of benzene rings is 1. The fourth-order valence-corrected chi connectivity index (χ4v) is 2.94. The average Bonchev–Trinajstić information content (AvgIpc) is 3.05. The van der Waals surface area contributed by atoms with Crippen LogP contribution in [-0.2, 0) is 13.5 Å². The van der Waals surface area contributed by atoms with E-state index in [0.29, 0.717) is 28.8 Å². The van der Waals surface area contributed by atoms with Crippen LogP contribution in [0, 0.1) is 0 Å². The van der Waals surface area contributed by atoms with E-state index in [4.69, 9.17) is 4.98 Å². The molecular weight excluding hydrogens is 312 g/mol. The van der Waals surface area contributed by atoms with E-state index in [1.54, 1.807) is 33.7 Å². The Morgan fingerprint density at radius 1 is 1.32 bits per heavy atom. The number of nitrogens with zero attached hydrogens (tertiary/aromatic N) is 4. The second-order valence-corrected chi connectivity index (χ2v) is 5.66. The van der Waals surface area contributed by atoms with E-state index in [1.165, 1.54) is 0 Å². The van der Waals surface area contributed by atoms with Gasteiger partial charge in [0.05, 0.1) is 17.1 Å². The molecule has 1 aromatic carbocycles. The van der Waals surface area contributed by atoms with E-state index in [0.717, 1.165) is 11.1 Å². The first-order valence-electron chi connectivity index (χ1n) is 8.09. The highest BCUT2D eigenvalue weighted by atomic mass is 16.1. The van der Waals surface area contributed by atoms with Gasteiger partial charge in [0.25, 0.3) is 5.56 Å². The lowest BCUT2D eigenvalue weighted by atomic mass is 10.0. The van der Waals surface area contributed by atoms with Gasteiger partial charge >= 0.3 is 0 Å². The Hall–Kier alpha value is -3.21. The maximum Gasteiger partial charge on any atom is 0.266 e. The van der Waals surface area contributed by atoms with Gasteiger partial charge in [0.2, 0.25) is 0 Å². The van der Waals surface area contributed by atoms with Crippen LogP contribution >= 0.6 is 0 Å². The Balaban J connectivity index is 2.44. The highest BCUT2D eigenvalue weighted by Crippen LogP contribution is 2.26. The number of rotatable bonds is 5. The van der Waals surface area contributed by atoms with Crippen molar-refractivity contribution in [1.82, 2.24) is 19.3 Å². The second-order valence-electron chi connectivity index (χ2n) is 5.66. The normalized spacial score (nSPS) is 11.7. The van der Waals surface area contributed by atoms with Gasteiger partial charge in [-0.15, -0.1) is 0 Å². The van der Waals surface area contributed by atoms with Gasteiger partial charge in [0.1, 0.15) is 5.82 Å². The first-order valence-corrected chi connectivity index (χ1v) is 8.09. The summed E-state index contributed by atoms with van der Waals surface area (Å²) >= 11 is 0. The molecule has 5 heteroatoms. The molecule has 0 N–H and O–H groups in total. The Morgan fingerprint density at radius 3 is 2.72 bits per heavy atom. The van der Waals surface area contributed by atoms with E-state index < -0.39 is 0 Å². The first kappa shape index (κ1) is 16.6. The molecule has 2 heterocycles. The second kappa shape index (κ2) is 6.73. The fraction of sp³-hybridized carbons (Fsp3) is 0.150. The van der Waals surface area contributed by atoms with Crippen molar-refractivity contribution in [1.29, 1.82) is 0 Å². The van der Waals surface area contributed by atoms with E-state index in [-0.39, 0.29) is 5.56 Å². The summed E-state index contributed by atoms with van der Waals surface area (Å²) in [6, 6.07) is 5.70. The lowest BCUT2D eigenvalue weighted by Crippen LogP contribution is -2.24. The number of hydrogen-bond donors (Lipinski definition) is 0. The molecule has 0 saturated carbocycles. The van der Waals surface area contributed by atoms with Crippen LogP contribution in [-0.4, -0.2) is 19.3 Å². The molecule has 0 aliphatic carbocycles. The first-order chi connectivity index (χ1) is 12.1. The van der Waals surface area contributed by atoms with Gasteiger partial charge in [-0.2, -0.15) is 5.10 Å². The molecule has 3 aromatic rings. The molecule has 5 nitrogen and oxygen atoms in total. The van der Waals surface area contributed by atoms with Crippen molar-refractivity contribution >= 4 is 16.6 Å². The van der Waals surface area contributed by atoms with Crippen LogP contribution in [0.4, 0.5) is 0 Å². The van der Waals surface area contributed by atoms with Crippen LogP contribution in [0.3, 0.4) is 0 Å². The van der Waals surface area contributed by atoms with Crippen molar-refractivity contribution in [3.05, 3.63) is 78.2 Å². The minimum Gasteiger partial charge on any atom is -0.275 e. The van der Waals surface area contributed by atoms with Crippen LogP contribution in [0.15, 0.2) is 66.8 Å². The largest absolute Gasteiger partial charge is 0.275 e. The third kappa shape index (κ3) is 2.85. The third-order valence-corrected chi connectivity index (χ3v) is 4.06. The zero-order valence-electron chi connectivity index (χ0n) is 14.4. The maximum atomic E-state index is 13.4. The number of aryl methyl sites for hydroxylation is 2. The monoisotopic (exact) mass is 332 g/mol. The van der Waals surface area contributed by atoms with Gasteiger partial charge in [-0.3, -0.25) is 14.0 Å². The molecule has 0 aliphatic heterocycles. The molecule has 3 rings (SSSR count). The number of hydrogen-bond acceptors (Lipinski definition) is 3. The molecule has 0 unspecified atom stereocenters. The molecule has 0 spiro atoms. The van der Waals surface area contributed by atoms with Crippen LogP contribution in [0.1, 0.15) is 12.7 Å². The van der Waals surface area contributed by atoms with Crippen LogP contribution in [0.25, 0.3) is 27.7 Å². The molecule has 0 radical (unpaired) electrons. The van der Waals surface area contributed by atoms with Gasteiger partial charge in [0.15, 0.2) is 0 Å². The van der Waals surface area contributed by atoms with Gasteiger partial charge in [-0.1, -0.05) is 38.3 Å². The van der Waals surface area contributed by atoms with E-state index in [2.05, 4.69) is 18.3 Å². The molecule has 2 aromatic heterocycles. The van der Waals surface area contributed by atoms with E-state index in [1.807, 2.05) is 38.4 Å². The minimum absolute atomic E-state index is 0.116. The highest BCUT2D eigenvalue weighted by Gasteiger charge is 2.16. The molecule has 126 valence electrons. The average molecular weight is 332 g/mol. The summed E-state index contributed by atoms with van der Waals surface area (Å²) in [5.74, 6) is 0.689. The van der Waals surface area contributed by atoms with E-state index in [9.17, 15) is 4.79 Å². The minimum atomic E-state index is -0.116. The molecule has 0 fully saturated rings. The summed E-state index contributed by atoms with van der Waals surface area (Å²) in [5.41, 5.74) is 2.93. The van der Waals surface area contributed by atoms with Crippen molar-refractivity contribution < 1.29 is 0 Å². The summed E-state index contributed by atoms with van der Waals surface area (Å²) in [6.07, 6.45) is 9.31. The summed E-state index contributed by atoms with van der Waals surface area (Å²) in [4.78, 5) is 18.1. The molecule has 0 amide bonds. The lowest BCUT2D eigenvalue weighted by molar-refractivity contribution is 0.768. The van der Waals surface area contributed by atoms with Crippen molar-refractivity contribution in [2.75, 3.05) is 0 Å². The van der Waals surface area contributed by atoms with Crippen molar-refractivity contribution in [2.24, 2.45) is 7.05 Å². The SMILES string of the molecule is C=C/C=C(\C=C)n1c(CC)nc2cccc(-c3cnn(C)c3)c2c1=O. The Bertz CT molecular complexity index is 1050. The van der Waals surface area contributed by atoms with Crippen molar-refractivity contribution in [2.45, 2.75) is 13.3 Å². The van der Waals surface area contributed by atoms with Crippen LogP contribution in [0.2, 0.25) is 0 Å². The summed E-state index contributed by atoms with van der Waals surface area (Å²) < 4.78 is 3.32. The predicted octanol–water partition coefficient (Wildman–Crippen LogP) is 3.57. The quantitative estimate of drug-likeness (QED) is 0.671. The molecule has 0 aliphatic rings. The smallest absolute Gasteiger partial charge is 0.266 e. The van der Waals surface area contributed by atoms with Gasteiger partial charge in [-0.25, -0.2) is 4.98 Å². The van der Waals surface area contributed by atoms with Crippen LogP contribution < -0.4 is 5.56 Å². The third-order valence-electron chi connectivity index (χ3n) is 4.06. The van der Waals surface area contributed by atoms with Crippen LogP contribution in [0.5, 0.6) is 0 Å². The number of allylic oxidation sites excluding steroid dienone is 4. The predicted molar refractivity (Wildman–Crippen MR) is 102 cm³/mol. The fourth-order valence-electron chi connectivity index (χ4n) is 2.94. The Kier molecular flexibility index (Phi) is 4.48. The molecule has 25 heavy (non-hydrogen) atoms. The standard InChI is InChI=1S/C20H20N4O/c1-5-9-15(6-2)24-18(7-3)22-17-11-8-10-16(19(17)20(24)25)14-12-21-23(4)13-14/h5-6,8-13H,1-2,7H2,3-4H3/b15-9+. The molecule has 0 atom stereocenters. The van der Waals surface area contributed by atoms with Gasteiger partial charge in [-0.05, 0) is 23.8 Å². The van der Waals surface area contributed by atoms with Gasteiger partial charge < -0.3 is 0 Å². The highest BCUT2D eigenvalue weighted by molar-refractivity contribution is 5.94. The molecular formula is C20H20N4O. The summed E-state index contributed by atoms with van der Waals surface area (Å²) in [6.45, 7) is 9.51. The lowest BCUT2D eigenvalue weighted by Gasteiger charge is -2.14.